The lowest BCUT2D eigenvalue weighted by atomic mass is 10.1. The number of nitrogens with one attached hydrogen (secondary N) is 1. The van der Waals surface area contributed by atoms with Crippen LogP contribution in [0.25, 0.3) is 23.0 Å². The third kappa shape index (κ3) is 4.79. The summed E-state index contributed by atoms with van der Waals surface area (Å²) in [6.45, 7) is 1.98. The SMILES string of the molecule is Cc1ccc(NC(=O)/C=C/c2cn(-c3ccccc3)nc2-c2cccc([N+](=O)[O-])c2)cc1. The van der Waals surface area contributed by atoms with Gasteiger partial charge in [-0.25, -0.2) is 4.68 Å². The van der Waals surface area contributed by atoms with Crippen LogP contribution in [0.15, 0.2) is 91.1 Å². The third-order valence-electron chi connectivity index (χ3n) is 4.83. The molecule has 1 heterocycles. The fourth-order valence-electron chi connectivity index (χ4n) is 3.20. The second-order valence-corrected chi connectivity index (χ2v) is 7.21. The molecule has 1 amide bonds. The van der Waals surface area contributed by atoms with Crippen molar-refractivity contribution in [1.29, 1.82) is 0 Å². The average molecular weight is 424 g/mol. The fourth-order valence-corrected chi connectivity index (χ4v) is 3.20. The largest absolute Gasteiger partial charge is 0.323 e. The molecule has 0 radical (unpaired) electrons. The molecular formula is C25H20N4O3. The lowest BCUT2D eigenvalue weighted by Crippen LogP contribution is -2.07. The van der Waals surface area contributed by atoms with Gasteiger partial charge in [-0.1, -0.05) is 48.0 Å². The zero-order valence-corrected chi connectivity index (χ0v) is 17.3. The Morgan fingerprint density at radius 3 is 2.50 bits per heavy atom. The maximum absolute atomic E-state index is 12.4. The second kappa shape index (κ2) is 9.09. The number of carbonyl (C=O) groups is 1. The van der Waals surface area contributed by atoms with E-state index in [0.717, 1.165) is 11.3 Å². The maximum Gasteiger partial charge on any atom is 0.270 e. The summed E-state index contributed by atoms with van der Waals surface area (Å²) in [4.78, 5) is 23.2. The van der Waals surface area contributed by atoms with Gasteiger partial charge in [-0.3, -0.25) is 14.9 Å². The number of carbonyl (C=O) groups excluding carboxylic acids is 1. The Morgan fingerprint density at radius 1 is 1.03 bits per heavy atom. The van der Waals surface area contributed by atoms with E-state index in [2.05, 4.69) is 10.4 Å². The van der Waals surface area contributed by atoms with E-state index in [9.17, 15) is 14.9 Å². The lowest BCUT2D eigenvalue weighted by Gasteiger charge is -2.02. The Bertz CT molecular complexity index is 1290. The van der Waals surface area contributed by atoms with E-state index >= 15 is 0 Å². The number of nitrogens with zero attached hydrogens (tertiary/aromatic N) is 3. The van der Waals surface area contributed by atoms with Crippen molar-refractivity contribution in [3.63, 3.8) is 0 Å². The molecule has 0 unspecified atom stereocenters. The quantitative estimate of drug-likeness (QED) is 0.255. The van der Waals surface area contributed by atoms with Gasteiger partial charge in [0, 0.05) is 41.2 Å². The van der Waals surface area contributed by atoms with E-state index in [-0.39, 0.29) is 11.6 Å². The molecule has 4 aromatic rings. The maximum atomic E-state index is 12.4. The van der Waals surface area contributed by atoms with Gasteiger partial charge < -0.3 is 5.32 Å². The number of aromatic nitrogens is 2. The van der Waals surface area contributed by atoms with Crippen LogP contribution in [-0.2, 0) is 4.79 Å². The van der Waals surface area contributed by atoms with Crippen molar-refractivity contribution in [2.24, 2.45) is 0 Å². The molecule has 0 aliphatic heterocycles. The summed E-state index contributed by atoms with van der Waals surface area (Å²) in [5.41, 5.74) is 4.40. The monoisotopic (exact) mass is 424 g/mol. The summed E-state index contributed by atoms with van der Waals surface area (Å²) in [6.07, 6.45) is 4.87. The third-order valence-corrected chi connectivity index (χ3v) is 4.83. The zero-order chi connectivity index (χ0) is 22.5. The molecule has 0 saturated heterocycles. The number of para-hydroxylation sites is 1. The van der Waals surface area contributed by atoms with E-state index in [4.69, 9.17) is 0 Å². The molecule has 7 nitrogen and oxygen atoms in total. The van der Waals surface area contributed by atoms with E-state index in [1.165, 1.54) is 18.2 Å². The van der Waals surface area contributed by atoms with Gasteiger partial charge in [0.25, 0.3) is 5.69 Å². The Kier molecular flexibility index (Phi) is 5.89. The van der Waals surface area contributed by atoms with Crippen LogP contribution >= 0.6 is 0 Å². The molecule has 0 fully saturated rings. The predicted octanol–water partition coefficient (Wildman–Crippen LogP) is 5.41. The minimum Gasteiger partial charge on any atom is -0.323 e. The Balaban J connectivity index is 1.68. The van der Waals surface area contributed by atoms with Crippen LogP contribution in [0.1, 0.15) is 11.1 Å². The highest BCUT2D eigenvalue weighted by Crippen LogP contribution is 2.27. The normalized spacial score (nSPS) is 10.9. The number of nitro benzene ring substituents is 1. The highest BCUT2D eigenvalue weighted by molar-refractivity contribution is 6.02. The van der Waals surface area contributed by atoms with E-state index in [1.807, 2.05) is 61.5 Å². The molecule has 4 rings (SSSR count). The molecular weight excluding hydrogens is 404 g/mol. The van der Waals surface area contributed by atoms with Crippen molar-refractivity contribution in [2.75, 3.05) is 5.32 Å². The topological polar surface area (TPSA) is 90.1 Å². The van der Waals surface area contributed by atoms with Crippen LogP contribution in [0, 0.1) is 17.0 Å². The van der Waals surface area contributed by atoms with Crippen molar-refractivity contribution in [3.05, 3.63) is 112 Å². The highest BCUT2D eigenvalue weighted by atomic mass is 16.6. The summed E-state index contributed by atoms with van der Waals surface area (Å²) < 4.78 is 1.69. The summed E-state index contributed by atoms with van der Waals surface area (Å²) in [5, 5.41) is 18.7. The minimum absolute atomic E-state index is 0.0243. The fraction of sp³-hybridized carbons (Fsp3) is 0.0400. The number of nitro groups is 1. The Hall–Kier alpha value is -4.52. The molecule has 1 N–H and O–H groups in total. The minimum atomic E-state index is -0.442. The van der Waals surface area contributed by atoms with Crippen molar-refractivity contribution in [3.8, 4) is 16.9 Å². The molecule has 0 aliphatic rings. The molecule has 1 aromatic heterocycles. The van der Waals surface area contributed by atoms with Crippen LogP contribution in [0.4, 0.5) is 11.4 Å². The first kappa shape index (κ1) is 20.7. The molecule has 0 atom stereocenters. The van der Waals surface area contributed by atoms with Gasteiger partial charge in [-0.2, -0.15) is 5.10 Å². The number of hydrogen-bond donors (Lipinski definition) is 1. The van der Waals surface area contributed by atoms with Gasteiger partial charge in [0.1, 0.15) is 5.69 Å². The van der Waals surface area contributed by atoms with Crippen LogP contribution in [0.3, 0.4) is 0 Å². The van der Waals surface area contributed by atoms with Crippen molar-refractivity contribution in [1.82, 2.24) is 9.78 Å². The van der Waals surface area contributed by atoms with Gasteiger partial charge in [0.05, 0.1) is 10.6 Å². The molecule has 158 valence electrons. The summed E-state index contributed by atoms with van der Waals surface area (Å²) >= 11 is 0. The smallest absolute Gasteiger partial charge is 0.270 e. The van der Waals surface area contributed by atoms with E-state index in [1.54, 1.807) is 29.1 Å². The number of hydrogen-bond acceptors (Lipinski definition) is 4. The highest BCUT2D eigenvalue weighted by Gasteiger charge is 2.14. The molecule has 32 heavy (non-hydrogen) atoms. The first-order chi connectivity index (χ1) is 15.5. The van der Waals surface area contributed by atoms with E-state index in [0.29, 0.717) is 22.5 Å². The predicted molar refractivity (Wildman–Crippen MR) is 124 cm³/mol. The van der Waals surface area contributed by atoms with Gasteiger partial charge in [0.15, 0.2) is 0 Å². The Morgan fingerprint density at radius 2 is 1.78 bits per heavy atom. The standard InChI is InChI=1S/C25H20N4O3/c1-18-10-13-21(14-11-18)26-24(30)15-12-20-17-28(22-7-3-2-4-8-22)27-25(20)19-6-5-9-23(16-19)29(31)32/h2-17H,1H3,(H,26,30)/b15-12+. The molecule has 7 heteroatoms. The molecule has 0 saturated carbocycles. The first-order valence-corrected chi connectivity index (χ1v) is 9.95. The molecule has 0 aliphatic carbocycles. The van der Waals surface area contributed by atoms with Gasteiger partial charge in [0.2, 0.25) is 5.91 Å². The van der Waals surface area contributed by atoms with Crippen molar-refractivity contribution < 1.29 is 9.72 Å². The summed E-state index contributed by atoms with van der Waals surface area (Å²) in [5.74, 6) is -0.286. The van der Waals surface area contributed by atoms with Gasteiger partial charge in [-0.05, 0) is 37.3 Å². The van der Waals surface area contributed by atoms with Crippen molar-refractivity contribution in [2.45, 2.75) is 6.92 Å². The van der Waals surface area contributed by atoms with Crippen molar-refractivity contribution >= 4 is 23.4 Å². The number of non-ortho nitro benzene ring substituents is 1. The number of benzene rings is 3. The van der Waals surface area contributed by atoms with Gasteiger partial charge >= 0.3 is 0 Å². The summed E-state index contributed by atoms with van der Waals surface area (Å²) in [6, 6.07) is 23.3. The molecule has 0 bridgehead atoms. The van der Waals surface area contributed by atoms with Crippen LogP contribution in [0.2, 0.25) is 0 Å². The van der Waals surface area contributed by atoms with Crippen LogP contribution in [0.5, 0.6) is 0 Å². The van der Waals surface area contributed by atoms with Gasteiger partial charge in [-0.15, -0.1) is 0 Å². The number of amides is 1. The molecule has 0 spiro atoms. The van der Waals surface area contributed by atoms with Crippen LogP contribution in [-0.4, -0.2) is 20.6 Å². The molecule has 3 aromatic carbocycles. The lowest BCUT2D eigenvalue weighted by molar-refractivity contribution is -0.384. The average Bonchev–Trinajstić information content (AvgIpc) is 3.24. The first-order valence-electron chi connectivity index (χ1n) is 9.95. The second-order valence-electron chi connectivity index (χ2n) is 7.21. The number of aryl methyl sites for hydroxylation is 1. The van der Waals surface area contributed by atoms with E-state index < -0.39 is 4.92 Å². The van der Waals surface area contributed by atoms with Crippen LogP contribution < -0.4 is 5.32 Å². The zero-order valence-electron chi connectivity index (χ0n) is 17.3. The number of anilines is 1. The summed E-state index contributed by atoms with van der Waals surface area (Å²) in [7, 11) is 0. The number of rotatable bonds is 6. The Labute approximate surface area is 184 Å².